The van der Waals surface area contributed by atoms with Crippen molar-refractivity contribution < 1.29 is 6.11 Å². The highest BCUT2D eigenvalue weighted by Crippen LogP contribution is 1.79. The van der Waals surface area contributed by atoms with Crippen molar-refractivity contribution in [2.24, 2.45) is 0 Å². The molecule has 0 aliphatic carbocycles. The van der Waals surface area contributed by atoms with Gasteiger partial charge in [-0.15, -0.1) is 0 Å². The van der Waals surface area contributed by atoms with Crippen LogP contribution in [0.5, 0.6) is 0 Å². The van der Waals surface area contributed by atoms with Crippen LogP contribution in [0, 0.1) is 0 Å². The third-order valence-corrected chi connectivity index (χ3v) is 0.747. The first-order valence-corrected chi connectivity index (χ1v) is 2.32. The first kappa shape index (κ1) is 3.50. The lowest BCUT2D eigenvalue weighted by Gasteiger charge is -1.93. The van der Waals surface area contributed by atoms with E-state index in [9.17, 15) is 0 Å². The fourth-order valence-corrected chi connectivity index (χ4v) is 0.430. The van der Waals surface area contributed by atoms with E-state index in [0.29, 0.717) is 13.2 Å². The molecule has 1 aliphatic rings. The van der Waals surface area contributed by atoms with E-state index < -0.39 is 6.58 Å². The minimum atomic E-state index is -0.398. The molecule has 1 unspecified atom stereocenters. The van der Waals surface area contributed by atoms with Gasteiger partial charge in [-0.2, -0.15) is 0 Å². The molecule has 0 saturated heterocycles. The van der Waals surface area contributed by atoms with Gasteiger partial charge in [0.05, 0.1) is 14.6 Å². The van der Waals surface area contributed by atoms with Crippen LogP contribution in [0.2, 0.25) is 0 Å². The van der Waals surface area contributed by atoms with Crippen molar-refractivity contribution in [1.82, 2.24) is 5.32 Å². The first-order valence-electron chi connectivity index (χ1n) is 2.89. The summed E-state index contributed by atoms with van der Waals surface area (Å²) in [4.78, 5) is 0. The number of nitrogens with one attached hydrogen (secondary N) is 1. The molecule has 0 aromatic heterocycles. The van der Waals surface area contributed by atoms with Crippen molar-refractivity contribution in [1.29, 1.82) is 0 Å². The molecule has 1 rings (SSSR count). The topological polar surface area (TPSA) is 21.3 Å². The molecular formula is C5H9NO. The maximum Gasteiger partial charge on any atom is 0.0665 e. The van der Waals surface area contributed by atoms with E-state index in [2.05, 4.69) is 5.32 Å². The SMILES string of the molecule is [2H]C1CNC=CCO1. The number of ether oxygens (including phenoxy) is 1. The zero-order chi connectivity index (χ0) is 5.82. The zero-order valence-corrected chi connectivity index (χ0v) is 4.05. The third kappa shape index (κ3) is 1.59. The molecule has 1 heterocycles. The monoisotopic (exact) mass is 100 g/mol. The van der Waals surface area contributed by atoms with Crippen molar-refractivity contribution in [2.75, 3.05) is 19.7 Å². The Hall–Kier alpha value is -0.500. The average Bonchev–Trinajstić information content (AvgIpc) is 1.94. The highest BCUT2D eigenvalue weighted by atomic mass is 16.5. The van der Waals surface area contributed by atoms with Crippen LogP contribution in [0.4, 0.5) is 0 Å². The minimum absolute atomic E-state index is 0.398. The van der Waals surface area contributed by atoms with Gasteiger partial charge < -0.3 is 10.1 Å². The fourth-order valence-electron chi connectivity index (χ4n) is 0.430. The molecular weight excluding hydrogens is 90.1 g/mol. The Morgan fingerprint density at radius 1 is 1.86 bits per heavy atom. The lowest BCUT2D eigenvalue weighted by atomic mass is 10.6. The van der Waals surface area contributed by atoms with Gasteiger partial charge in [0, 0.05) is 6.54 Å². The van der Waals surface area contributed by atoms with Crippen molar-refractivity contribution in [3.63, 3.8) is 0 Å². The van der Waals surface area contributed by atoms with Gasteiger partial charge in [0.15, 0.2) is 0 Å². The molecule has 0 fully saturated rings. The van der Waals surface area contributed by atoms with Gasteiger partial charge in [-0.05, 0) is 12.3 Å². The van der Waals surface area contributed by atoms with Crippen LogP contribution in [-0.2, 0) is 4.74 Å². The Balaban J connectivity index is 2.28. The molecule has 0 spiro atoms. The summed E-state index contributed by atoms with van der Waals surface area (Å²) < 4.78 is 12.0. The largest absolute Gasteiger partial charge is 0.389 e. The van der Waals surface area contributed by atoms with E-state index in [0.717, 1.165) is 0 Å². The van der Waals surface area contributed by atoms with Crippen LogP contribution >= 0.6 is 0 Å². The Bertz CT molecular complexity index is 84.4. The van der Waals surface area contributed by atoms with Crippen LogP contribution in [0.15, 0.2) is 12.3 Å². The quantitative estimate of drug-likeness (QED) is 0.467. The Kier molecular flexibility index (Phi) is 1.32. The summed E-state index contributed by atoms with van der Waals surface area (Å²) in [6.07, 6.45) is 3.67. The average molecular weight is 100 g/mol. The molecule has 7 heavy (non-hydrogen) atoms. The van der Waals surface area contributed by atoms with Crippen LogP contribution in [0.25, 0.3) is 0 Å². The first-order chi connectivity index (χ1) is 3.89. The molecule has 0 aromatic rings. The number of rotatable bonds is 0. The van der Waals surface area contributed by atoms with Crippen molar-refractivity contribution in [3.8, 4) is 0 Å². The summed E-state index contributed by atoms with van der Waals surface area (Å²) in [6, 6.07) is 0. The van der Waals surface area contributed by atoms with Crippen LogP contribution in [0.3, 0.4) is 0 Å². The van der Waals surface area contributed by atoms with Gasteiger partial charge >= 0.3 is 0 Å². The summed E-state index contributed by atoms with van der Waals surface area (Å²) in [5.41, 5.74) is 0. The lowest BCUT2D eigenvalue weighted by Crippen LogP contribution is -2.09. The lowest BCUT2D eigenvalue weighted by molar-refractivity contribution is 0.172. The maximum absolute atomic E-state index is 7.09. The Morgan fingerprint density at radius 2 is 2.86 bits per heavy atom. The number of hydrogen-bond donors (Lipinski definition) is 1. The van der Waals surface area contributed by atoms with Gasteiger partial charge in [-0.3, -0.25) is 0 Å². The van der Waals surface area contributed by atoms with E-state index in [1.165, 1.54) is 0 Å². The van der Waals surface area contributed by atoms with E-state index in [1.54, 1.807) is 0 Å². The van der Waals surface area contributed by atoms with Crippen molar-refractivity contribution in [3.05, 3.63) is 12.3 Å². The zero-order valence-electron chi connectivity index (χ0n) is 5.05. The second kappa shape index (κ2) is 2.64. The van der Waals surface area contributed by atoms with Crippen LogP contribution in [-0.4, -0.2) is 19.7 Å². The maximum atomic E-state index is 7.09. The van der Waals surface area contributed by atoms with Crippen molar-refractivity contribution in [2.45, 2.75) is 0 Å². The van der Waals surface area contributed by atoms with Gasteiger partial charge in [0.2, 0.25) is 0 Å². The predicted octanol–water partition coefficient (Wildman–Crippen LogP) is 0.120. The standard InChI is InChI=1S/C5H9NO/c1-2-6-3-5-7-4-1/h1-2,6H,3-5H2/i5D. The highest BCUT2D eigenvalue weighted by Gasteiger charge is 1.85. The molecule has 0 bridgehead atoms. The Morgan fingerprint density at radius 3 is 3.86 bits per heavy atom. The molecule has 0 saturated carbocycles. The van der Waals surface area contributed by atoms with Gasteiger partial charge in [-0.25, -0.2) is 0 Å². The molecule has 40 valence electrons. The van der Waals surface area contributed by atoms with Crippen LogP contribution < -0.4 is 5.32 Å². The molecule has 1 atom stereocenters. The predicted molar refractivity (Wildman–Crippen MR) is 28.0 cm³/mol. The third-order valence-electron chi connectivity index (χ3n) is 0.747. The van der Waals surface area contributed by atoms with Crippen LogP contribution in [0.1, 0.15) is 1.37 Å². The van der Waals surface area contributed by atoms with E-state index >= 15 is 0 Å². The molecule has 1 aliphatic heterocycles. The molecule has 0 aromatic carbocycles. The summed E-state index contributed by atoms with van der Waals surface area (Å²) in [5.74, 6) is 0. The fraction of sp³-hybridized carbons (Fsp3) is 0.600. The second-order valence-electron chi connectivity index (χ2n) is 1.31. The summed E-state index contributed by atoms with van der Waals surface area (Å²) in [5, 5.41) is 2.90. The van der Waals surface area contributed by atoms with E-state index in [-0.39, 0.29) is 0 Å². The molecule has 2 nitrogen and oxygen atoms in total. The summed E-state index contributed by atoms with van der Waals surface area (Å²) in [6.45, 7) is 0.752. The van der Waals surface area contributed by atoms with Crippen molar-refractivity contribution >= 4 is 0 Å². The molecule has 2 heteroatoms. The summed E-state index contributed by atoms with van der Waals surface area (Å²) >= 11 is 0. The van der Waals surface area contributed by atoms with E-state index in [4.69, 9.17) is 6.11 Å². The Labute approximate surface area is 44.6 Å². The normalized spacial score (nSPS) is 33.1. The van der Waals surface area contributed by atoms with Gasteiger partial charge in [0.25, 0.3) is 0 Å². The highest BCUT2D eigenvalue weighted by molar-refractivity contribution is 4.80. The number of hydrogen-bond acceptors (Lipinski definition) is 2. The molecule has 0 amide bonds. The smallest absolute Gasteiger partial charge is 0.0665 e. The van der Waals surface area contributed by atoms with Gasteiger partial charge in [0.1, 0.15) is 0 Å². The van der Waals surface area contributed by atoms with E-state index in [1.807, 2.05) is 12.3 Å². The molecule has 0 radical (unpaired) electrons. The van der Waals surface area contributed by atoms with Gasteiger partial charge in [-0.1, -0.05) is 0 Å². The second-order valence-corrected chi connectivity index (χ2v) is 1.31. The summed E-state index contributed by atoms with van der Waals surface area (Å²) in [7, 11) is 0. The molecule has 1 N–H and O–H groups in total. The minimum Gasteiger partial charge on any atom is -0.389 e.